The zero-order valence-electron chi connectivity index (χ0n) is 10.7. The lowest BCUT2D eigenvalue weighted by Crippen LogP contribution is -2.19. The van der Waals surface area contributed by atoms with Gasteiger partial charge in [0.25, 0.3) is 5.91 Å². The SMILES string of the molecule is N#Cc1ccc(NC(=O)c2cccn2CC(=O)O)c(Cl)c1. The van der Waals surface area contributed by atoms with Crippen molar-refractivity contribution in [3.05, 3.63) is 52.8 Å². The van der Waals surface area contributed by atoms with Crippen LogP contribution < -0.4 is 5.32 Å². The first-order chi connectivity index (χ1) is 10.0. The molecule has 0 bridgehead atoms. The number of amides is 1. The van der Waals surface area contributed by atoms with Gasteiger partial charge in [-0.15, -0.1) is 0 Å². The van der Waals surface area contributed by atoms with Gasteiger partial charge in [0.05, 0.1) is 22.3 Å². The van der Waals surface area contributed by atoms with E-state index in [0.717, 1.165) is 0 Å². The lowest BCUT2D eigenvalue weighted by atomic mass is 10.2. The van der Waals surface area contributed by atoms with Crippen molar-refractivity contribution in [2.75, 3.05) is 5.32 Å². The molecule has 1 heterocycles. The highest BCUT2D eigenvalue weighted by Gasteiger charge is 2.14. The minimum Gasteiger partial charge on any atom is -0.480 e. The Kier molecular flexibility index (Phi) is 4.26. The number of hydrogen-bond donors (Lipinski definition) is 2. The largest absolute Gasteiger partial charge is 0.480 e. The highest BCUT2D eigenvalue weighted by atomic mass is 35.5. The molecule has 6 nitrogen and oxygen atoms in total. The number of carbonyl (C=O) groups excluding carboxylic acids is 1. The van der Waals surface area contributed by atoms with Crippen molar-refractivity contribution in [2.24, 2.45) is 0 Å². The average molecular weight is 304 g/mol. The number of nitriles is 1. The highest BCUT2D eigenvalue weighted by Crippen LogP contribution is 2.23. The number of aliphatic carboxylic acids is 1. The van der Waals surface area contributed by atoms with Crippen LogP contribution in [-0.2, 0) is 11.3 Å². The summed E-state index contributed by atoms with van der Waals surface area (Å²) in [6.45, 7) is -0.309. The second-order valence-corrected chi connectivity index (χ2v) is 4.58. The number of anilines is 1. The summed E-state index contributed by atoms with van der Waals surface area (Å²) >= 11 is 5.97. The molecule has 0 spiro atoms. The highest BCUT2D eigenvalue weighted by molar-refractivity contribution is 6.34. The number of hydrogen-bond acceptors (Lipinski definition) is 3. The molecule has 0 radical (unpaired) electrons. The van der Waals surface area contributed by atoms with E-state index in [2.05, 4.69) is 5.32 Å². The Labute approximate surface area is 125 Å². The summed E-state index contributed by atoms with van der Waals surface area (Å²) in [4.78, 5) is 22.9. The first-order valence-electron chi connectivity index (χ1n) is 5.89. The lowest BCUT2D eigenvalue weighted by molar-refractivity contribution is -0.137. The van der Waals surface area contributed by atoms with Crippen LogP contribution in [0.15, 0.2) is 36.5 Å². The maximum Gasteiger partial charge on any atom is 0.323 e. The van der Waals surface area contributed by atoms with Crippen molar-refractivity contribution in [3.8, 4) is 6.07 Å². The summed E-state index contributed by atoms with van der Waals surface area (Å²) in [5, 5.41) is 20.3. The molecule has 0 aliphatic heterocycles. The van der Waals surface area contributed by atoms with E-state index in [-0.39, 0.29) is 17.3 Å². The van der Waals surface area contributed by atoms with E-state index in [1.54, 1.807) is 6.07 Å². The first-order valence-corrected chi connectivity index (χ1v) is 6.27. The normalized spacial score (nSPS) is 9.90. The van der Waals surface area contributed by atoms with E-state index in [1.807, 2.05) is 6.07 Å². The monoisotopic (exact) mass is 303 g/mol. The molecule has 0 aliphatic rings. The molecular formula is C14H10ClN3O3. The summed E-state index contributed by atoms with van der Waals surface area (Å²) < 4.78 is 1.31. The number of nitrogens with zero attached hydrogens (tertiary/aromatic N) is 2. The van der Waals surface area contributed by atoms with Crippen molar-refractivity contribution in [1.29, 1.82) is 5.26 Å². The van der Waals surface area contributed by atoms with Crippen LogP contribution >= 0.6 is 11.6 Å². The van der Waals surface area contributed by atoms with Gasteiger partial charge in [-0.3, -0.25) is 9.59 Å². The fourth-order valence-corrected chi connectivity index (χ4v) is 2.00. The number of benzene rings is 1. The third-order valence-electron chi connectivity index (χ3n) is 2.71. The Morgan fingerprint density at radius 1 is 1.38 bits per heavy atom. The van der Waals surface area contributed by atoms with Crippen LogP contribution in [0.2, 0.25) is 5.02 Å². The van der Waals surface area contributed by atoms with Gasteiger partial charge in [-0.25, -0.2) is 0 Å². The number of carboxylic acid groups (broad SMARTS) is 1. The van der Waals surface area contributed by atoms with Gasteiger partial charge in [0, 0.05) is 6.20 Å². The van der Waals surface area contributed by atoms with Gasteiger partial charge in [-0.2, -0.15) is 5.26 Å². The lowest BCUT2D eigenvalue weighted by Gasteiger charge is -2.09. The Morgan fingerprint density at radius 3 is 2.76 bits per heavy atom. The summed E-state index contributed by atoms with van der Waals surface area (Å²) in [7, 11) is 0. The van der Waals surface area contributed by atoms with Crippen molar-refractivity contribution in [2.45, 2.75) is 6.54 Å². The van der Waals surface area contributed by atoms with Crippen molar-refractivity contribution in [1.82, 2.24) is 4.57 Å². The minimum atomic E-state index is -1.04. The molecule has 2 aromatic rings. The van der Waals surface area contributed by atoms with Crippen LogP contribution in [-0.4, -0.2) is 21.6 Å². The molecule has 2 N–H and O–H groups in total. The smallest absolute Gasteiger partial charge is 0.323 e. The molecule has 1 amide bonds. The Bertz CT molecular complexity index is 746. The topological polar surface area (TPSA) is 95.1 Å². The minimum absolute atomic E-state index is 0.206. The number of halogens is 1. The molecule has 0 fully saturated rings. The predicted molar refractivity (Wildman–Crippen MR) is 76.2 cm³/mol. The molecule has 1 aromatic carbocycles. The zero-order chi connectivity index (χ0) is 15.4. The van der Waals surface area contributed by atoms with Crippen molar-refractivity contribution >= 4 is 29.2 Å². The molecule has 2 rings (SSSR count). The van der Waals surface area contributed by atoms with Gasteiger partial charge in [0.15, 0.2) is 0 Å². The van der Waals surface area contributed by atoms with Crippen LogP contribution in [0.3, 0.4) is 0 Å². The number of carboxylic acids is 1. The van der Waals surface area contributed by atoms with Crippen LogP contribution in [0.25, 0.3) is 0 Å². The molecule has 21 heavy (non-hydrogen) atoms. The summed E-state index contributed by atoms with van der Waals surface area (Å²) in [6, 6.07) is 9.51. The van der Waals surface area contributed by atoms with Gasteiger partial charge in [-0.05, 0) is 30.3 Å². The Morgan fingerprint density at radius 2 is 2.14 bits per heavy atom. The summed E-state index contributed by atoms with van der Waals surface area (Å²) in [5.74, 6) is -1.52. The van der Waals surface area contributed by atoms with E-state index >= 15 is 0 Å². The first kappa shape index (κ1) is 14.6. The third kappa shape index (κ3) is 3.41. The van der Waals surface area contributed by atoms with E-state index in [0.29, 0.717) is 11.3 Å². The van der Waals surface area contributed by atoms with Gasteiger partial charge in [-0.1, -0.05) is 11.6 Å². The second-order valence-electron chi connectivity index (χ2n) is 4.18. The number of aromatic nitrogens is 1. The number of rotatable bonds is 4. The standard InChI is InChI=1S/C14H10ClN3O3/c15-10-6-9(7-16)3-4-11(10)17-14(21)12-2-1-5-18(12)8-13(19)20/h1-6H,8H2,(H,17,21)(H,19,20). The fraction of sp³-hybridized carbons (Fsp3) is 0.0714. The number of nitrogens with one attached hydrogen (secondary N) is 1. The summed E-state index contributed by atoms with van der Waals surface area (Å²) in [5.41, 5.74) is 0.939. The van der Waals surface area contributed by atoms with Gasteiger partial charge >= 0.3 is 5.97 Å². The predicted octanol–water partition coefficient (Wildman–Crippen LogP) is 2.35. The van der Waals surface area contributed by atoms with Gasteiger partial charge < -0.3 is 15.0 Å². The molecule has 0 atom stereocenters. The zero-order valence-corrected chi connectivity index (χ0v) is 11.5. The molecular weight excluding hydrogens is 294 g/mol. The maximum atomic E-state index is 12.1. The molecule has 7 heteroatoms. The van der Waals surface area contributed by atoms with Gasteiger partial charge in [0.1, 0.15) is 12.2 Å². The summed E-state index contributed by atoms with van der Waals surface area (Å²) in [6.07, 6.45) is 1.50. The Balaban J connectivity index is 2.21. The van der Waals surface area contributed by atoms with Crippen molar-refractivity contribution < 1.29 is 14.7 Å². The molecule has 0 aliphatic carbocycles. The molecule has 106 valence electrons. The maximum absolute atomic E-state index is 12.1. The quantitative estimate of drug-likeness (QED) is 0.906. The number of carbonyl (C=O) groups is 2. The van der Waals surface area contributed by atoms with Crippen LogP contribution in [0.1, 0.15) is 16.1 Å². The Hall–Kier alpha value is -2.78. The fourth-order valence-electron chi connectivity index (χ4n) is 1.78. The van der Waals surface area contributed by atoms with Crippen LogP contribution in [0, 0.1) is 11.3 Å². The van der Waals surface area contributed by atoms with E-state index < -0.39 is 11.9 Å². The van der Waals surface area contributed by atoms with Gasteiger partial charge in [0.2, 0.25) is 0 Å². The van der Waals surface area contributed by atoms with Crippen LogP contribution in [0.4, 0.5) is 5.69 Å². The van der Waals surface area contributed by atoms with Crippen LogP contribution in [0.5, 0.6) is 0 Å². The molecule has 0 saturated carbocycles. The van der Waals surface area contributed by atoms with E-state index in [4.69, 9.17) is 22.0 Å². The van der Waals surface area contributed by atoms with Crippen molar-refractivity contribution in [3.63, 3.8) is 0 Å². The molecule has 0 saturated heterocycles. The third-order valence-corrected chi connectivity index (χ3v) is 3.03. The van der Waals surface area contributed by atoms with E-state index in [9.17, 15) is 9.59 Å². The van der Waals surface area contributed by atoms with E-state index in [1.165, 1.54) is 35.0 Å². The molecule has 1 aromatic heterocycles. The second kappa shape index (κ2) is 6.11. The average Bonchev–Trinajstić information content (AvgIpc) is 2.88. The molecule has 0 unspecified atom stereocenters.